The molecule has 0 saturated carbocycles. The lowest BCUT2D eigenvalue weighted by atomic mass is 9.95. The molecule has 140 valence electrons. The number of thiophene rings is 1. The van der Waals surface area contributed by atoms with E-state index in [1.165, 1.54) is 18.4 Å². The number of allylic oxidation sites excluding steroid dienone is 1. The number of nitrogens with one attached hydrogen (secondary N) is 2. The zero-order valence-electron chi connectivity index (χ0n) is 15.1. The third-order valence-corrected chi connectivity index (χ3v) is 5.67. The van der Waals surface area contributed by atoms with Gasteiger partial charge in [0.2, 0.25) is 0 Å². The van der Waals surface area contributed by atoms with Crippen molar-refractivity contribution < 1.29 is 14.3 Å². The molecule has 8 heteroatoms. The number of hydrogen-bond acceptors (Lipinski definition) is 5. The fourth-order valence-corrected chi connectivity index (χ4v) is 3.69. The minimum atomic E-state index is -0.414. The van der Waals surface area contributed by atoms with E-state index in [1.807, 2.05) is 30.5 Å². The second-order valence-electron chi connectivity index (χ2n) is 5.99. The molecule has 1 atom stereocenters. The third-order valence-electron chi connectivity index (χ3n) is 4.41. The van der Waals surface area contributed by atoms with Gasteiger partial charge < -0.3 is 20.3 Å². The first-order valence-corrected chi connectivity index (χ1v) is 9.49. The first-order chi connectivity index (χ1) is 12.9. The van der Waals surface area contributed by atoms with E-state index >= 15 is 0 Å². The van der Waals surface area contributed by atoms with Crippen LogP contribution in [0.25, 0.3) is 0 Å². The summed E-state index contributed by atoms with van der Waals surface area (Å²) in [7, 11) is 3.16. The highest BCUT2D eigenvalue weighted by atomic mass is 32.1. The van der Waals surface area contributed by atoms with E-state index < -0.39 is 12.0 Å². The van der Waals surface area contributed by atoms with Crippen LogP contribution in [0.2, 0.25) is 0 Å². The Balaban J connectivity index is 1.86. The number of amides is 1. The molecular weight excluding hydrogens is 382 g/mol. The molecule has 1 aliphatic rings. The Hall–Kier alpha value is -2.71. The summed E-state index contributed by atoms with van der Waals surface area (Å²) in [5.74, 6) is -0.559. The van der Waals surface area contributed by atoms with Crippen molar-refractivity contribution in [1.29, 1.82) is 0 Å². The molecule has 0 spiro atoms. The lowest BCUT2D eigenvalue weighted by molar-refractivity contribution is -0.136. The van der Waals surface area contributed by atoms with Gasteiger partial charge in [0.1, 0.15) is 0 Å². The number of esters is 1. The highest BCUT2D eigenvalue weighted by Crippen LogP contribution is 2.31. The summed E-state index contributed by atoms with van der Waals surface area (Å²) in [4.78, 5) is 26.9. The maximum atomic E-state index is 12.3. The van der Waals surface area contributed by atoms with E-state index in [2.05, 4.69) is 10.6 Å². The number of benzene rings is 1. The third kappa shape index (κ3) is 3.86. The van der Waals surface area contributed by atoms with Gasteiger partial charge in [-0.25, -0.2) is 4.79 Å². The van der Waals surface area contributed by atoms with Crippen LogP contribution in [0.5, 0.6) is 0 Å². The van der Waals surface area contributed by atoms with Crippen molar-refractivity contribution in [2.75, 3.05) is 19.5 Å². The number of carbonyl (C=O) groups excluding carboxylic acids is 2. The molecule has 0 aliphatic carbocycles. The standard InChI is InChI=1S/C19H19N3O3S2/c1-11-15(18(24)25-3)16(21-19(26)22(11)2)12-6-8-13(9-7-12)20-17(23)14-5-4-10-27-14/h4-10,16H,1-3H3,(H,20,23)(H,21,26). The quantitative estimate of drug-likeness (QED) is 0.605. The summed E-state index contributed by atoms with van der Waals surface area (Å²) in [6, 6.07) is 10.5. The number of anilines is 1. The molecule has 1 amide bonds. The molecule has 0 radical (unpaired) electrons. The predicted octanol–water partition coefficient (Wildman–Crippen LogP) is 3.31. The Morgan fingerprint density at radius 1 is 1.26 bits per heavy atom. The van der Waals surface area contributed by atoms with E-state index in [1.54, 1.807) is 30.1 Å². The van der Waals surface area contributed by atoms with Crippen molar-refractivity contribution in [3.63, 3.8) is 0 Å². The van der Waals surface area contributed by atoms with Crippen LogP contribution >= 0.6 is 23.6 Å². The molecule has 1 unspecified atom stereocenters. The van der Waals surface area contributed by atoms with E-state index in [0.717, 1.165) is 11.3 Å². The van der Waals surface area contributed by atoms with Gasteiger partial charge in [-0.2, -0.15) is 0 Å². The maximum absolute atomic E-state index is 12.3. The van der Waals surface area contributed by atoms with Gasteiger partial charge in [0.05, 0.1) is 23.6 Å². The number of methoxy groups -OCH3 is 1. The molecule has 1 aliphatic heterocycles. The molecule has 2 aromatic rings. The Kier molecular flexibility index (Phi) is 5.57. The molecule has 2 N–H and O–H groups in total. The van der Waals surface area contributed by atoms with Crippen LogP contribution in [0.1, 0.15) is 28.2 Å². The molecule has 1 aromatic carbocycles. The SMILES string of the molecule is COC(=O)C1=C(C)N(C)C(=S)NC1c1ccc(NC(=O)c2cccs2)cc1. The van der Waals surface area contributed by atoms with Crippen molar-refractivity contribution in [2.24, 2.45) is 0 Å². The molecule has 0 bridgehead atoms. The number of thiocarbonyl (C=S) groups is 1. The monoisotopic (exact) mass is 401 g/mol. The van der Waals surface area contributed by atoms with Gasteiger partial charge in [-0.05, 0) is 48.3 Å². The second-order valence-corrected chi connectivity index (χ2v) is 7.32. The van der Waals surface area contributed by atoms with E-state index in [9.17, 15) is 9.59 Å². The van der Waals surface area contributed by atoms with Crippen molar-refractivity contribution >= 4 is 46.2 Å². The largest absolute Gasteiger partial charge is 0.466 e. The van der Waals surface area contributed by atoms with Gasteiger partial charge in [0.25, 0.3) is 5.91 Å². The van der Waals surface area contributed by atoms with Gasteiger partial charge in [-0.15, -0.1) is 11.3 Å². The normalized spacial score (nSPS) is 16.8. The lowest BCUT2D eigenvalue weighted by Crippen LogP contribution is -2.46. The predicted molar refractivity (Wildman–Crippen MR) is 110 cm³/mol. The zero-order chi connectivity index (χ0) is 19.6. The van der Waals surface area contributed by atoms with Gasteiger partial charge in [-0.1, -0.05) is 18.2 Å². The Morgan fingerprint density at radius 2 is 1.96 bits per heavy atom. The molecule has 27 heavy (non-hydrogen) atoms. The molecule has 6 nitrogen and oxygen atoms in total. The maximum Gasteiger partial charge on any atom is 0.337 e. The van der Waals surface area contributed by atoms with E-state index in [4.69, 9.17) is 17.0 Å². The summed E-state index contributed by atoms with van der Waals surface area (Å²) in [6.07, 6.45) is 0. The Bertz CT molecular complexity index is 905. The van der Waals surface area contributed by atoms with Gasteiger partial charge in [-0.3, -0.25) is 4.79 Å². The molecule has 0 saturated heterocycles. The molecule has 2 heterocycles. The zero-order valence-corrected chi connectivity index (χ0v) is 16.7. The molecule has 3 rings (SSSR count). The lowest BCUT2D eigenvalue weighted by Gasteiger charge is -2.35. The Labute approximate surface area is 166 Å². The van der Waals surface area contributed by atoms with Crippen LogP contribution in [-0.4, -0.2) is 36.0 Å². The molecule has 0 fully saturated rings. The fraction of sp³-hybridized carbons (Fsp3) is 0.211. The highest BCUT2D eigenvalue weighted by Gasteiger charge is 2.33. The van der Waals surface area contributed by atoms with Crippen LogP contribution in [0.3, 0.4) is 0 Å². The van der Waals surface area contributed by atoms with Gasteiger partial charge in [0, 0.05) is 18.4 Å². The summed E-state index contributed by atoms with van der Waals surface area (Å²) in [5, 5.41) is 8.42. The fourth-order valence-electron chi connectivity index (χ4n) is 2.82. The van der Waals surface area contributed by atoms with Crippen LogP contribution in [0, 0.1) is 0 Å². The summed E-state index contributed by atoms with van der Waals surface area (Å²) in [6.45, 7) is 1.84. The molecule has 1 aromatic heterocycles. The Morgan fingerprint density at radius 3 is 2.56 bits per heavy atom. The molecular formula is C19H19N3O3S2. The minimum absolute atomic E-state index is 0.151. The first-order valence-electron chi connectivity index (χ1n) is 8.20. The number of hydrogen-bond donors (Lipinski definition) is 2. The van der Waals surface area contributed by atoms with E-state index in [0.29, 0.717) is 21.3 Å². The van der Waals surface area contributed by atoms with Crippen molar-refractivity contribution in [1.82, 2.24) is 10.2 Å². The van der Waals surface area contributed by atoms with E-state index in [-0.39, 0.29) is 5.91 Å². The number of carbonyl (C=O) groups is 2. The van der Waals surface area contributed by atoms with Gasteiger partial charge in [0.15, 0.2) is 5.11 Å². The average Bonchev–Trinajstić information content (AvgIpc) is 3.21. The highest BCUT2D eigenvalue weighted by molar-refractivity contribution is 7.80. The van der Waals surface area contributed by atoms with Crippen molar-refractivity contribution in [3.8, 4) is 0 Å². The topological polar surface area (TPSA) is 70.7 Å². The number of rotatable bonds is 4. The summed E-state index contributed by atoms with van der Waals surface area (Å²) < 4.78 is 4.95. The van der Waals surface area contributed by atoms with Crippen molar-refractivity contribution in [2.45, 2.75) is 13.0 Å². The van der Waals surface area contributed by atoms with Crippen LogP contribution in [0.4, 0.5) is 5.69 Å². The second kappa shape index (κ2) is 7.89. The number of nitrogens with zero attached hydrogens (tertiary/aromatic N) is 1. The minimum Gasteiger partial charge on any atom is -0.466 e. The van der Waals surface area contributed by atoms with Crippen LogP contribution in [-0.2, 0) is 9.53 Å². The van der Waals surface area contributed by atoms with Crippen LogP contribution in [0.15, 0.2) is 53.0 Å². The number of ether oxygens (including phenoxy) is 1. The van der Waals surface area contributed by atoms with Crippen molar-refractivity contribution in [3.05, 3.63) is 63.5 Å². The average molecular weight is 402 g/mol. The first kappa shape index (κ1) is 19.1. The summed E-state index contributed by atoms with van der Waals surface area (Å²) >= 11 is 6.74. The smallest absolute Gasteiger partial charge is 0.337 e. The summed E-state index contributed by atoms with van der Waals surface area (Å²) in [5.41, 5.74) is 2.77. The van der Waals surface area contributed by atoms with Crippen LogP contribution < -0.4 is 10.6 Å². The van der Waals surface area contributed by atoms with Gasteiger partial charge >= 0.3 is 5.97 Å².